The topological polar surface area (TPSA) is 64.4 Å². The predicted molar refractivity (Wildman–Crippen MR) is 65.3 cm³/mol. The van der Waals surface area contributed by atoms with E-state index in [1.807, 2.05) is 6.92 Å². The van der Waals surface area contributed by atoms with Gasteiger partial charge in [0.25, 0.3) is 0 Å². The van der Waals surface area contributed by atoms with Crippen LogP contribution in [0.3, 0.4) is 0 Å². The van der Waals surface area contributed by atoms with E-state index < -0.39 is 5.54 Å². The summed E-state index contributed by atoms with van der Waals surface area (Å²) in [5, 5.41) is 9.23. The highest BCUT2D eigenvalue weighted by Crippen LogP contribution is 2.37. The van der Waals surface area contributed by atoms with Crippen molar-refractivity contribution in [3.8, 4) is 6.07 Å². The summed E-state index contributed by atoms with van der Waals surface area (Å²) < 4.78 is 0. The van der Waals surface area contributed by atoms with Gasteiger partial charge in [0.1, 0.15) is 5.54 Å². The number of carbonyl (C=O) groups is 2. The summed E-state index contributed by atoms with van der Waals surface area (Å²) in [5.74, 6) is -0.280. The normalized spacial score (nSPS) is 25.5. The first kappa shape index (κ1) is 12.9. The molecule has 1 atom stereocenters. The van der Waals surface area contributed by atoms with E-state index >= 15 is 0 Å². The van der Waals surface area contributed by atoms with Gasteiger partial charge in [-0.15, -0.1) is 0 Å². The first-order valence-electron chi connectivity index (χ1n) is 6.51. The van der Waals surface area contributed by atoms with Crippen molar-refractivity contribution in [2.75, 3.05) is 20.1 Å². The van der Waals surface area contributed by atoms with Crippen LogP contribution < -0.4 is 0 Å². The number of hydrogen-bond acceptors (Lipinski definition) is 3. The lowest BCUT2D eigenvalue weighted by atomic mass is 9.76. The van der Waals surface area contributed by atoms with Gasteiger partial charge in [-0.05, 0) is 26.2 Å². The molecule has 0 bridgehead atoms. The molecule has 1 unspecified atom stereocenters. The van der Waals surface area contributed by atoms with Crippen LogP contribution >= 0.6 is 0 Å². The van der Waals surface area contributed by atoms with Crippen LogP contribution in [0.4, 0.5) is 0 Å². The maximum absolute atomic E-state index is 12.3. The van der Waals surface area contributed by atoms with Gasteiger partial charge in [-0.3, -0.25) is 9.59 Å². The van der Waals surface area contributed by atoms with Crippen molar-refractivity contribution >= 4 is 11.8 Å². The second kappa shape index (κ2) is 4.60. The molecule has 1 heterocycles. The van der Waals surface area contributed by atoms with Gasteiger partial charge in [0.05, 0.1) is 12.0 Å². The molecule has 5 nitrogen and oxygen atoms in total. The Labute approximate surface area is 107 Å². The van der Waals surface area contributed by atoms with Gasteiger partial charge >= 0.3 is 0 Å². The van der Waals surface area contributed by atoms with Crippen molar-refractivity contribution in [2.24, 2.45) is 5.92 Å². The monoisotopic (exact) mass is 249 g/mol. The van der Waals surface area contributed by atoms with Crippen LogP contribution in [0.25, 0.3) is 0 Å². The Hall–Kier alpha value is -1.57. The van der Waals surface area contributed by atoms with Gasteiger partial charge in [-0.1, -0.05) is 0 Å². The van der Waals surface area contributed by atoms with Crippen molar-refractivity contribution in [3.05, 3.63) is 0 Å². The van der Waals surface area contributed by atoms with Crippen LogP contribution in [-0.4, -0.2) is 47.3 Å². The van der Waals surface area contributed by atoms with Gasteiger partial charge in [0.15, 0.2) is 0 Å². The Kier molecular flexibility index (Phi) is 3.29. The SMILES string of the molecule is CCN1CC(C(=O)N(C)C2(C#N)CCC2)CC1=O. The lowest BCUT2D eigenvalue weighted by molar-refractivity contribution is -0.140. The van der Waals surface area contributed by atoms with Crippen molar-refractivity contribution in [1.29, 1.82) is 5.26 Å². The molecule has 0 radical (unpaired) electrons. The second-order valence-electron chi connectivity index (χ2n) is 5.23. The zero-order valence-electron chi connectivity index (χ0n) is 11.0. The van der Waals surface area contributed by atoms with E-state index in [0.29, 0.717) is 19.5 Å². The van der Waals surface area contributed by atoms with Crippen molar-refractivity contribution < 1.29 is 9.59 Å². The van der Waals surface area contributed by atoms with E-state index in [2.05, 4.69) is 6.07 Å². The second-order valence-corrected chi connectivity index (χ2v) is 5.23. The van der Waals surface area contributed by atoms with Crippen LogP contribution in [0.1, 0.15) is 32.6 Å². The largest absolute Gasteiger partial charge is 0.342 e. The van der Waals surface area contributed by atoms with Gasteiger partial charge in [0.2, 0.25) is 11.8 Å². The van der Waals surface area contributed by atoms with E-state index in [9.17, 15) is 14.9 Å². The molecule has 2 amide bonds. The average Bonchev–Trinajstić information content (AvgIpc) is 2.68. The number of rotatable bonds is 3. The summed E-state index contributed by atoms with van der Waals surface area (Å²) >= 11 is 0. The molecular weight excluding hydrogens is 230 g/mol. The summed E-state index contributed by atoms with van der Waals surface area (Å²) in [6.07, 6.45) is 2.79. The fraction of sp³-hybridized carbons (Fsp3) is 0.769. The number of hydrogen-bond donors (Lipinski definition) is 0. The van der Waals surface area contributed by atoms with Crippen molar-refractivity contribution in [3.63, 3.8) is 0 Å². The van der Waals surface area contributed by atoms with Gasteiger partial charge in [-0.25, -0.2) is 0 Å². The molecule has 1 saturated heterocycles. The fourth-order valence-electron chi connectivity index (χ4n) is 2.76. The van der Waals surface area contributed by atoms with Gasteiger partial charge < -0.3 is 9.80 Å². The predicted octanol–water partition coefficient (Wildman–Crippen LogP) is 0.759. The third-order valence-electron chi connectivity index (χ3n) is 4.31. The zero-order valence-corrected chi connectivity index (χ0v) is 11.0. The van der Waals surface area contributed by atoms with E-state index in [1.165, 1.54) is 0 Å². The summed E-state index contributed by atoms with van der Waals surface area (Å²) in [4.78, 5) is 27.3. The number of nitrogens with zero attached hydrogens (tertiary/aromatic N) is 3. The van der Waals surface area contributed by atoms with Gasteiger partial charge in [0, 0.05) is 26.6 Å². The van der Waals surface area contributed by atoms with E-state index in [0.717, 1.165) is 19.3 Å². The van der Waals surface area contributed by atoms with E-state index in [1.54, 1.807) is 16.8 Å². The summed E-state index contributed by atoms with van der Waals surface area (Å²) in [5.41, 5.74) is -0.611. The molecule has 1 saturated carbocycles. The fourth-order valence-corrected chi connectivity index (χ4v) is 2.76. The summed E-state index contributed by atoms with van der Waals surface area (Å²) in [6, 6.07) is 2.26. The molecule has 0 aromatic heterocycles. The smallest absolute Gasteiger partial charge is 0.229 e. The summed E-state index contributed by atoms with van der Waals surface area (Å²) in [7, 11) is 1.70. The molecule has 98 valence electrons. The lowest BCUT2D eigenvalue weighted by Gasteiger charge is -2.43. The van der Waals surface area contributed by atoms with E-state index in [-0.39, 0.29) is 17.7 Å². The Bertz CT molecular complexity index is 409. The maximum Gasteiger partial charge on any atom is 0.229 e. The molecule has 1 aliphatic heterocycles. The molecule has 2 aliphatic rings. The zero-order chi connectivity index (χ0) is 13.3. The highest BCUT2D eigenvalue weighted by molar-refractivity contribution is 5.89. The minimum absolute atomic E-state index is 0.0452. The standard InChI is InChI=1S/C13H19N3O2/c1-3-16-8-10(7-11(16)17)12(18)15(2)13(9-14)5-4-6-13/h10H,3-8H2,1-2H3. The summed E-state index contributed by atoms with van der Waals surface area (Å²) in [6.45, 7) is 3.06. The number of likely N-dealkylation sites (tertiary alicyclic amines) is 1. The molecule has 0 aromatic rings. The molecule has 5 heteroatoms. The van der Waals surface area contributed by atoms with Crippen LogP contribution in [0.15, 0.2) is 0 Å². The molecule has 18 heavy (non-hydrogen) atoms. The average molecular weight is 249 g/mol. The highest BCUT2D eigenvalue weighted by Gasteiger charge is 2.46. The molecule has 2 fully saturated rings. The number of nitriles is 1. The van der Waals surface area contributed by atoms with Crippen LogP contribution in [0.5, 0.6) is 0 Å². The van der Waals surface area contributed by atoms with Gasteiger partial charge in [-0.2, -0.15) is 5.26 Å². The minimum Gasteiger partial charge on any atom is -0.342 e. The molecule has 0 spiro atoms. The maximum atomic E-state index is 12.3. The van der Waals surface area contributed by atoms with Crippen LogP contribution in [0, 0.1) is 17.2 Å². The molecule has 0 N–H and O–H groups in total. The quantitative estimate of drug-likeness (QED) is 0.741. The molecular formula is C13H19N3O2. The Morgan fingerprint density at radius 2 is 2.28 bits per heavy atom. The molecule has 1 aliphatic carbocycles. The van der Waals surface area contributed by atoms with E-state index in [4.69, 9.17) is 0 Å². The first-order chi connectivity index (χ1) is 8.54. The van der Waals surface area contributed by atoms with Crippen molar-refractivity contribution in [2.45, 2.75) is 38.1 Å². The Morgan fingerprint density at radius 3 is 2.67 bits per heavy atom. The first-order valence-corrected chi connectivity index (χ1v) is 6.51. The minimum atomic E-state index is -0.611. The molecule has 0 aromatic carbocycles. The third-order valence-corrected chi connectivity index (χ3v) is 4.31. The Balaban J connectivity index is 2.05. The van der Waals surface area contributed by atoms with Crippen molar-refractivity contribution in [1.82, 2.24) is 9.80 Å². The lowest BCUT2D eigenvalue weighted by Crippen LogP contribution is -2.55. The number of amides is 2. The molecule has 2 rings (SSSR count). The highest BCUT2D eigenvalue weighted by atomic mass is 16.2. The number of carbonyl (C=O) groups excluding carboxylic acids is 2. The van der Waals surface area contributed by atoms with Crippen LogP contribution in [0.2, 0.25) is 0 Å². The third kappa shape index (κ3) is 1.86. The van der Waals surface area contributed by atoms with Crippen LogP contribution in [-0.2, 0) is 9.59 Å². The Morgan fingerprint density at radius 1 is 1.61 bits per heavy atom.